The number of allylic oxidation sites excluding steroid dienone is 8. The molecule has 0 amide bonds. The molecule has 242 valence electrons. The second kappa shape index (κ2) is 13.0. The lowest BCUT2D eigenvalue weighted by molar-refractivity contribution is 0.797. The molecule has 0 bridgehead atoms. The summed E-state index contributed by atoms with van der Waals surface area (Å²) < 4.78 is 0. The third-order valence-corrected chi connectivity index (χ3v) is 10.0. The number of anilines is 1. The zero-order valence-electron chi connectivity index (χ0n) is 27.9. The number of hydrazone groups is 1. The lowest BCUT2D eigenvalue weighted by Gasteiger charge is -2.31. The van der Waals surface area contributed by atoms with Gasteiger partial charge in [0.1, 0.15) is 5.71 Å². The van der Waals surface area contributed by atoms with E-state index in [0.29, 0.717) is 11.4 Å². The summed E-state index contributed by atoms with van der Waals surface area (Å²) in [4.78, 5) is 4.45. The van der Waals surface area contributed by atoms with Gasteiger partial charge in [0.05, 0.1) is 11.4 Å². The van der Waals surface area contributed by atoms with Crippen LogP contribution in [0.2, 0.25) is 0 Å². The molecule has 51 heavy (non-hydrogen) atoms. The summed E-state index contributed by atoms with van der Waals surface area (Å²) in [6, 6.07) is 44.9. The highest BCUT2D eigenvalue weighted by atomic mass is 15.3. The van der Waals surface area contributed by atoms with E-state index < -0.39 is 0 Å². The second-order valence-electron chi connectivity index (χ2n) is 13.1. The summed E-state index contributed by atoms with van der Waals surface area (Å²) >= 11 is 0. The molecule has 1 aromatic heterocycles. The van der Waals surface area contributed by atoms with Crippen molar-refractivity contribution < 1.29 is 0 Å². The Morgan fingerprint density at radius 2 is 1.43 bits per heavy atom. The summed E-state index contributed by atoms with van der Waals surface area (Å²) in [5.74, 6) is 0.254. The van der Waals surface area contributed by atoms with Crippen molar-refractivity contribution >= 4 is 44.6 Å². The van der Waals surface area contributed by atoms with E-state index in [0.717, 1.165) is 39.8 Å². The molecule has 0 spiro atoms. The monoisotopic (exact) mass is 654 g/mol. The van der Waals surface area contributed by atoms with E-state index in [-0.39, 0.29) is 5.92 Å². The Morgan fingerprint density at radius 1 is 0.686 bits per heavy atom. The lowest BCUT2D eigenvalue weighted by Crippen LogP contribution is -2.38. The van der Waals surface area contributed by atoms with Crippen molar-refractivity contribution in [3.63, 3.8) is 0 Å². The molecule has 3 aliphatic carbocycles. The molecule has 0 aliphatic heterocycles. The van der Waals surface area contributed by atoms with E-state index in [1.807, 2.05) is 48.8 Å². The SMILES string of the molecule is N=C1C=CC(c2ccc3c(c2)=C(c2ccccc2)C2CC=CC=C2C=3c2ccccc2)=C/C1=N/Nc1ccc(-c2cncc3ccccc23)cc1. The third kappa shape index (κ3) is 5.67. The average Bonchev–Trinajstić information content (AvgIpc) is 3.20. The summed E-state index contributed by atoms with van der Waals surface area (Å²) in [7, 11) is 0. The van der Waals surface area contributed by atoms with E-state index in [9.17, 15) is 0 Å². The highest BCUT2D eigenvalue weighted by molar-refractivity contribution is 6.51. The van der Waals surface area contributed by atoms with Gasteiger partial charge in [0.2, 0.25) is 0 Å². The van der Waals surface area contributed by atoms with Gasteiger partial charge in [-0.3, -0.25) is 15.8 Å². The Morgan fingerprint density at radius 3 is 2.25 bits per heavy atom. The van der Waals surface area contributed by atoms with Crippen LogP contribution in [0.1, 0.15) is 23.1 Å². The van der Waals surface area contributed by atoms with Crippen molar-refractivity contribution in [2.75, 3.05) is 5.43 Å². The van der Waals surface area contributed by atoms with Gasteiger partial charge in [0, 0.05) is 29.3 Å². The first-order valence-electron chi connectivity index (χ1n) is 17.3. The average molecular weight is 655 g/mol. The first-order chi connectivity index (χ1) is 25.2. The molecule has 0 saturated carbocycles. The fourth-order valence-electron chi connectivity index (χ4n) is 7.57. The zero-order chi connectivity index (χ0) is 34.1. The van der Waals surface area contributed by atoms with Crippen molar-refractivity contribution in [1.29, 1.82) is 5.41 Å². The van der Waals surface area contributed by atoms with Gasteiger partial charge in [0.25, 0.3) is 0 Å². The predicted octanol–water partition coefficient (Wildman–Crippen LogP) is 9.26. The molecule has 1 heterocycles. The van der Waals surface area contributed by atoms with E-state index >= 15 is 0 Å². The summed E-state index contributed by atoms with van der Waals surface area (Å²) in [6.07, 6.45) is 17.4. The van der Waals surface area contributed by atoms with Crippen LogP contribution in [0.4, 0.5) is 5.69 Å². The van der Waals surface area contributed by atoms with Crippen molar-refractivity contribution in [2.24, 2.45) is 11.0 Å². The molecule has 6 aromatic rings. The Kier molecular flexibility index (Phi) is 7.75. The van der Waals surface area contributed by atoms with Crippen LogP contribution < -0.4 is 15.9 Å². The Labute approximate surface area is 297 Å². The number of benzene rings is 5. The molecule has 0 saturated heterocycles. The number of nitrogens with zero attached hydrogens (tertiary/aromatic N) is 2. The quantitative estimate of drug-likeness (QED) is 0.139. The first-order valence-corrected chi connectivity index (χ1v) is 17.3. The minimum Gasteiger partial charge on any atom is -0.299 e. The first kappa shape index (κ1) is 30.4. The number of aromatic nitrogens is 1. The topological polar surface area (TPSA) is 61.1 Å². The molecule has 4 nitrogen and oxygen atoms in total. The van der Waals surface area contributed by atoms with Gasteiger partial charge < -0.3 is 0 Å². The third-order valence-electron chi connectivity index (χ3n) is 10.0. The van der Waals surface area contributed by atoms with Crippen LogP contribution in [0.3, 0.4) is 0 Å². The van der Waals surface area contributed by atoms with Gasteiger partial charge in [-0.25, -0.2) is 0 Å². The molecular weight excluding hydrogens is 621 g/mol. The fraction of sp³-hybridized carbons (Fsp3) is 0.0426. The van der Waals surface area contributed by atoms with Crippen molar-refractivity contribution in [3.05, 3.63) is 209 Å². The molecule has 0 fully saturated rings. The van der Waals surface area contributed by atoms with Gasteiger partial charge in [-0.05, 0) is 97.1 Å². The van der Waals surface area contributed by atoms with Crippen LogP contribution in [0.15, 0.2) is 187 Å². The maximum absolute atomic E-state index is 8.68. The second-order valence-corrected chi connectivity index (χ2v) is 13.1. The molecular formula is C47H34N4. The number of hydrogen-bond donors (Lipinski definition) is 2. The molecule has 1 unspecified atom stereocenters. The van der Waals surface area contributed by atoms with Crippen LogP contribution >= 0.6 is 0 Å². The number of nitrogens with one attached hydrogen (secondary N) is 2. The van der Waals surface area contributed by atoms with Crippen LogP contribution in [0, 0.1) is 11.3 Å². The maximum atomic E-state index is 8.68. The molecule has 4 heteroatoms. The fourth-order valence-corrected chi connectivity index (χ4v) is 7.57. The molecule has 1 atom stereocenters. The summed E-state index contributed by atoms with van der Waals surface area (Å²) in [5.41, 5.74) is 15.8. The van der Waals surface area contributed by atoms with Crippen LogP contribution in [0.25, 0.3) is 38.6 Å². The van der Waals surface area contributed by atoms with Crippen LogP contribution in [-0.2, 0) is 0 Å². The predicted molar refractivity (Wildman–Crippen MR) is 212 cm³/mol. The normalized spacial score (nSPS) is 17.2. The Balaban J connectivity index is 1.10. The van der Waals surface area contributed by atoms with E-state index in [2.05, 4.69) is 138 Å². The van der Waals surface area contributed by atoms with Gasteiger partial charge in [-0.1, -0.05) is 133 Å². The molecule has 9 rings (SSSR count). The number of pyridine rings is 1. The summed E-state index contributed by atoms with van der Waals surface area (Å²) in [6.45, 7) is 0. The van der Waals surface area contributed by atoms with Gasteiger partial charge in [0.15, 0.2) is 0 Å². The number of rotatable bonds is 6. The highest BCUT2D eigenvalue weighted by Crippen LogP contribution is 2.40. The molecule has 5 aromatic carbocycles. The number of hydrogen-bond acceptors (Lipinski definition) is 4. The molecule has 0 radical (unpaired) electrons. The van der Waals surface area contributed by atoms with Crippen molar-refractivity contribution in [2.45, 2.75) is 6.42 Å². The minimum absolute atomic E-state index is 0.254. The van der Waals surface area contributed by atoms with Gasteiger partial charge in [-0.15, -0.1) is 0 Å². The zero-order valence-corrected chi connectivity index (χ0v) is 27.9. The minimum atomic E-state index is 0.254. The van der Waals surface area contributed by atoms with E-state index in [4.69, 9.17) is 10.5 Å². The van der Waals surface area contributed by atoms with Gasteiger partial charge in [-0.2, -0.15) is 5.10 Å². The highest BCUT2D eigenvalue weighted by Gasteiger charge is 2.29. The largest absolute Gasteiger partial charge is 0.299 e. The van der Waals surface area contributed by atoms with Crippen LogP contribution in [0.5, 0.6) is 0 Å². The Bertz CT molecular complexity index is 2620. The standard InChI is InChI=1S/C47H34N4/c48-44-26-22-35(28-45(44)51-50-37-23-19-31(20-24-37)43-30-49-29-36-15-7-8-16-38(36)43)34-21-25-41-42(27-34)47(33-13-5-2-6-14-33)40-18-10-9-17-39(40)46(41)32-11-3-1-4-12-32/h1-17,19-30,40,48,50H,18H2/b48-44?,51-45-. The number of fused-ring (bicyclic) bond motifs is 3. The van der Waals surface area contributed by atoms with E-state index in [1.165, 1.54) is 43.7 Å². The Hall–Kier alpha value is -6.65. The van der Waals surface area contributed by atoms with Crippen molar-refractivity contribution in [1.82, 2.24) is 4.98 Å². The maximum Gasteiger partial charge on any atom is 0.109 e. The van der Waals surface area contributed by atoms with Crippen LogP contribution in [-0.4, -0.2) is 16.4 Å². The lowest BCUT2D eigenvalue weighted by atomic mass is 9.72. The van der Waals surface area contributed by atoms with Crippen molar-refractivity contribution in [3.8, 4) is 11.1 Å². The smallest absolute Gasteiger partial charge is 0.109 e. The van der Waals surface area contributed by atoms with E-state index in [1.54, 1.807) is 0 Å². The summed E-state index contributed by atoms with van der Waals surface area (Å²) in [5, 5.41) is 18.2. The molecule has 3 aliphatic rings. The van der Waals surface area contributed by atoms with Gasteiger partial charge >= 0.3 is 0 Å². The molecule has 2 N–H and O–H groups in total.